The van der Waals surface area contributed by atoms with E-state index < -0.39 is 30.5 Å². The number of carbonyl (C=O) groups excluding carboxylic acids is 1. The number of nitrogens with one attached hydrogen (secondary N) is 1. The molecule has 0 fully saturated rings. The summed E-state index contributed by atoms with van der Waals surface area (Å²) in [6.45, 7) is 3.47. The molecule has 0 saturated carbocycles. The summed E-state index contributed by atoms with van der Waals surface area (Å²) in [5.41, 5.74) is 2.19. The second-order valence-corrected chi connectivity index (χ2v) is 6.34. The smallest absolute Gasteiger partial charge is 0.408 e. The normalized spacial score (nSPS) is 12.7. The minimum absolute atomic E-state index is 0.124. The number of anilines is 1. The number of alkyl halides is 3. The summed E-state index contributed by atoms with van der Waals surface area (Å²) < 4.78 is 38.8. The van der Waals surface area contributed by atoms with Crippen molar-refractivity contribution in [3.05, 3.63) is 46.8 Å². The van der Waals surface area contributed by atoms with E-state index in [0.717, 1.165) is 4.68 Å². The molecule has 2 N–H and O–H groups in total. The van der Waals surface area contributed by atoms with E-state index in [1.165, 1.54) is 6.92 Å². The number of rotatable bonds is 6. The fourth-order valence-corrected chi connectivity index (χ4v) is 2.92. The highest BCUT2D eigenvalue weighted by atomic mass is 19.4. The molecule has 146 valence electrons. The molecule has 0 aliphatic carbocycles. The zero-order valence-electron chi connectivity index (χ0n) is 15.1. The lowest BCUT2D eigenvalue weighted by molar-refractivity contribution is -0.143. The third-order valence-electron chi connectivity index (χ3n) is 4.17. The van der Waals surface area contributed by atoms with Crippen molar-refractivity contribution in [2.24, 2.45) is 0 Å². The molecule has 0 saturated heterocycles. The first-order chi connectivity index (χ1) is 12.5. The zero-order valence-corrected chi connectivity index (χ0v) is 15.1. The van der Waals surface area contributed by atoms with E-state index in [0.29, 0.717) is 28.2 Å². The maximum Gasteiger partial charge on any atom is 0.408 e. The molecule has 1 unspecified atom stereocenters. The minimum atomic E-state index is -4.40. The van der Waals surface area contributed by atoms with Gasteiger partial charge in [0, 0.05) is 16.9 Å². The molecule has 6 nitrogen and oxygen atoms in total. The van der Waals surface area contributed by atoms with E-state index in [1.807, 2.05) is 0 Å². The van der Waals surface area contributed by atoms with Crippen LogP contribution < -0.4 is 5.32 Å². The first-order valence-electron chi connectivity index (χ1n) is 8.20. The van der Waals surface area contributed by atoms with E-state index in [-0.39, 0.29) is 6.42 Å². The summed E-state index contributed by atoms with van der Waals surface area (Å²) >= 11 is 0. The molecular formula is C18H20F3N3O3. The number of amides is 1. The molecule has 1 atom stereocenters. The van der Waals surface area contributed by atoms with Gasteiger partial charge in [-0.25, -0.2) is 0 Å². The molecule has 0 spiro atoms. The number of aliphatic carboxylic acids is 1. The van der Waals surface area contributed by atoms with Gasteiger partial charge in [0.15, 0.2) is 0 Å². The largest absolute Gasteiger partial charge is 0.481 e. The van der Waals surface area contributed by atoms with Crippen molar-refractivity contribution in [1.82, 2.24) is 9.78 Å². The van der Waals surface area contributed by atoms with Gasteiger partial charge >= 0.3 is 12.1 Å². The standard InChI is InChI=1S/C18H20F3N3O3/c1-10(16-11(2)23-24(12(16)3)9-18(19,20)21)17(27)22-14-6-4-13(5-7-14)8-15(25)26/h4-7,10H,8-9H2,1-3H3,(H,22,27)(H,25,26). The molecule has 0 radical (unpaired) electrons. The van der Waals surface area contributed by atoms with Gasteiger partial charge in [0.25, 0.3) is 0 Å². The van der Waals surface area contributed by atoms with Crippen molar-refractivity contribution >= 4 is 17.6 Å². The summed E-state index contributed by atoms with van der Waals surface area (Å²) in [6.07, 6.45) is -4.52. The van der Waals surface area contributed by atoms with Crippen molar-refractivity contribution in [1.29, 1.82) is 0 Å². The summed E-state index contributed by atoms with van der Waals surface area (Å²) in [5, 5.41) is 15.4. The van der Waals surface area contributed by atoms with E-state index in [1.54, 1.807) is 38.1 Å². The number of carbonyl (C=O) groups is 2. The molecule has 1 heterocycles. The minimum Gasteiger partial charge on any atom is -0.481 e. The fraction of sp³-hybridized carbons (Fsp3) is 0.389. The quantitative estimate of drug-likeness (QED) is 0.800. The lowest BCUT2D eigenvalue weighted by atomic mass is 9.98. The molecule has 27 heavy (non-hydrogen) atoms. The SMILES string of the molecule is Cc1nn(CC(F)(F)F)c(C)c1C(C)C(=O)Nc1ccc(CC(=O)O)cc1. The van der Waals surface area contributed by atoms with E-state index >= 15 is 0 Å². The molecule has 1 aromatic heterocycles. The molecular weight excluding hydrogens is 363 g/mol. The van der Waals surface area contributed by atoms with Crippen LogP contribution in [0.3, 0.4) is 0 Å². The Kier molecular flexibility index (Phi) is 5.92. The molecule has 0 aliphatic rings. The maximum atomic E-state index is 12.6. The van der Waals surface area contributed by atoms with Crippen molar-refractivity contribution in [2.45, 2.75) is 45.8 Å². The van der Waals surface area contributed by atoms with Gasteiger partial charge < -0.3 is 10.4 Å². The van der Waals surface area contributed by atoms with Crippen LogP contribution in [0.2, 0.25) is 0 Å². The maximum absolute atomic E-state index is 12.6. The van der Waals surface area contributed by atoms with Crippen LogP contribution in [0.4, 0.5) is 18.9 Å². The monoisotopic (exact) mass is 383 g/mol. The predicted octanol–water partition coefficient (Wildman–Crippen LogP) is 3.43. The Morgan fingerprint density at radius 1 is 1.22 bits per heavy atom. The number of hydrogen-bond acceptors (Lipinski definition) is 3. The predicted molar refractivity (Wildman–Crippen MR) is 92.6 cm³/mol. The molecule has 0 aliphatic heterocycles. The van der Waals surface area contributed by atoms with Crippen molar-refractivity contribution in [3.8, 4) is 0 Å². The second kappa shape index (κ2) is 7.81. The Labute approximate surface area is 154 Å². The molecule has 0 bridgehead atoms. The van der Waals surface area contributed by atoms with Gasteiger partial charge in [-0.2, -0.15) is 18.3 Å². The van der Waals surface area contributed by atoms with Gasteiger partial charge in [-0.05, 0) is 38.5 Å². The highest BCUT2D eigenvalue weighted by Gasteiger charge is 2.31. The van der Waals surface area contributed by atoms with Gasteiger partial charge in [-0.3, -0.25) is 14.3 Å². The molecule has 2 rings (SSSR count). The average Bonchev–Trinajstić information content (AvgIpc) is 2.80. The summed E-state index contributed by atoms with van der Waals surface area (Å²) in [4.78, 5) is 23.2. The summed E-state index contributed by atoms with van der Waals surface area (Å²) in [7, 11) is 0. The third-order valence-corrected chi connectivity index (χ3v) is 4.17. The third kappa shape index (κ3) is 5.32. The Morgan fingerprint density at radius 2 is 1.81 bits per heavy atom. The number of hydrogen-bond donors (Lipinski definition) is 2. The fourth-order valence-electron chi connectivity index (χ4n) is 2.92. The number of aryl methyl sites for hydroxylation is 1. The van der Waals surface area contributed by atoms with Crippen molar-refractivity contribution < 1.29 is 27.9 Å². The van der Waals surface area contributed by atoms with Gasteiger partial charge in [-0.15, -0.1) is 0 Å². The van der Waals surface area contributed by atoms with Crippen LogP contribution in [-0.4, -0.2) is 32.9 Å². The number of benzene rings is 1. The zero-order chi connectivity index (χ0) is 20.4. The number of carboxylic acids is 1. The van der Waals surface area contributed by atoms with Crippen molar-refractivity contribution in [2.75, 3.05) is 5.32 Å². The lowest BCUT2D eigenvalue weighted by Crippen LogP contribution is -2.21. The topological polar surface area (TPSA) is 84.2 Å². The van der Waals surface area contributed by atoms with Crippen LogP contribution in [-0.2, 0) is 22.6 Å². The van der Waals surface area contributed by atoms with E-state index in [4.69, 9.17) is 5.11 Å². The van der Waals surface area contributed by atoms with Crippen molar-refractivity contribution in [3.63, 3.8) is 0 Å². The lowest BCUT2D eigenvalue weighted by Gasteiger charge is -2.14. The van der Waals surface area contributed by atoms with Crippen LogP contribution in [0.1, 0.15) is 35.4 Å². The Bertz CT molecular complexity index is 842. The first kappa shape index (κ1) is 20.5. The van der Waals surface area contributed by atoms with Crippen LogP contribution in [0.15, 0.2) is 24.3 Å². The average molecular weight is 383 g/mol. The highest BCUT2D eigenvalue weighted by molar-refractivity contribution is 5.95. The Morgan fingerprint density at radius 3 is 2.33 bits per heavy atom. The molecule has 9 heteroatoms. The summed E-state index contributed by atoms with van der Waals surface area (Å²) in [5.74, 6) is -2.05. The van der Waals surface area contributed by atoms with Gasteiger partial charge in [0.05, 0.1) is 18.0 Å². The number of aromatic nitrogens is 2. The number of carboxylic acid groups (broad SMARTS) is 1. The first-order valence-corrected chi connectivity index (χ1v) is 8.20. The Hall–Kier alpha value is -2.84. The van der Waals surface area contributed by atoms with Crippen LogP contribution >= 0.6 is 0 Å². The molecule has 1 aromatic carbocycles. The van der Waals surface area contributed by atoms with Crippen LogP contribution in [0.25, 0.3) is 0 Å². The van der Waals surface area contributed by atoms with Gasteiger partial charge in [0.2, 0.25) is 5.91 Å². The van der Waals surface area contributed by atoms with Crippen LogP contribution in [0.5, 0.6) is 0 Å². The molecule has 1 amide bonds. The van der Waals surface area contributed by atoms with Gasteiger partial charge in [-0.1, -0.05) is 12.1 Å². The van der Waals surface area contributed by atoms with E-state index in [9.17, 15) is 22.8 Å². The van der Waals surface area contributed by atoms with Crippen LogP contribution in [0, 0.1) is 13.8 Å². The second-order valence-electron chi connectivity index (χ2n) is 6.34. The summed E-state index contributed by atoms with van der Waals surface area (Å²) in [6, 6.07) is 6.34. The number of halogens is 3. The van der Waals surface area contributed by atoms with Gasteiger partial charge in [0.1, 0.15) is 6.54 Å². The molecule has 2 aromatic rings. The highest BCUT2D eigenvalue weighted by Crippen LogP contribution is 2.27. The number of nitrogens with zero attached hydrogens (tertiary/aromatic N) is 2. The Balaban J connectivity index is 2.14. The van der Waals surface area contributed by atoms with E-state index in [2.05, 4.69) is 10.4 Å².